The summed E-state index contributed by atoms with van der Waals surface area (Å²) in [5, 5.41) is 11.7. The molecule has 0 saturated carbocycles. The van der Waals surface area contributed by atoms with Gasteiger partial charge in [0.15, 0.2) is 0 Å². The van der Waals surface area contributed by atoms with Crippen molar-refractivity contribution in [3.05, 3.63) is 76.5 Å². The Morgan fingerprint density at radius 2 is 2.04 bits per heavy atom. The summed E-state index contributed by atoms with van der Waals surface area (Å²) < 4.78 is 8.37. The summed E-state index contributed by atoms with van der Waals surface area (Å²) in [6, 6.07) is 11.4. The number of rotatable bonds is 7. The lowest BCUT2D eigenvalue weighted by Crippen LogP contribution is -2.48. The maximum atomic E-state index is 12.2. The minimum absolute atomic E-state index is 0.0167. The molecule has 2 aromatic heterocycles. The number of carbonyl (C=O) groups excluding carboxylic acids is 1. The smallest absolute Gasteiger partial charge is 0.222 e. The molecule has 0 unspecified atom stereocenters. The Morgan fingerprint density at radius 1 is 1.21 bits per heavy atom. The molecule has 3 aromatic rings. The van der Waals surface area contributed by atoms with Crippen molar-refractivity contribution in [3.8, 4) is 5.69 Å². The molecule has 1 fully saturated rings. The van der Waals surface area contributed by atoms with Gasteiger partial charge in [-0.05, 0) is 5.56 Å². The van der Waals surface area contributed by atoms with Crippen molar-refractivity contribution >= 4 is 5.91 Å². The molecule has 0 bridgehead atoms. The molecule has 0 radical (unpaired) electrons. The Labute approximate surface area is 161 Å². The van der Waals surface area contributed by atoms with Crippen LogP contribution in [0.5, 0.6) is 0 Å². The third kappa shape index (κ3) is 4.34. The highest BCUT2D eigenvalue weighted by Gasteiger charge is 2.20. The average molecular weight is 379 g/mol. The van der Waals surface area contributed by atoms with Crippen molar-refractivity contribution in [2.24, 2.45) is 0 Å². The molecule has 1 aliphatic heterocycles. The van der Waals surface area contributed by atoms with E-state index < -0.39 is 0 Å². The van der Waals surface area contributed by atoms with Crippen LogP contribution in [0.15, 0.2) is 59.8 Å². The van der Waals surface area contributed by atoms with E-state index in [1.165, 1.54) is 6.07 Å². The van der Waals surface area contributed by atoms with Crippen molar-refractivity contribution in [2.45, 2.75) is 25.4 Å². The molecular formula is C20H21N5O3. The van der Waals surface area contributed by atoms with E-state index in [0.29, 0.717) is 38.3 Å². The largest absolute Gasteiger partial charge is 0.377 e. The number of nitrogens with one attached hydrogen (secondary N) is 1. The highest BCUT2D eigenvalue weighted by molar-refractivity contribution is 5.76. The Balaban J connectivity index is 1.42. The zero-order chi connectivity index (χ0) is 19.3. The van der Waals surface area contributed by atoms with Crippen molar-refractivity contribution < 1.29 is 9.53 Å². The quantitative estimate of drug-likeness (QED) is 0.659. The molecule has 1 N–H and O–H groups in total. The van der Waals surface area contributed by atoms with Crippen LogP contribution in [0.4, 0.5) is 0 Å². The number of hydrogen-bond donors (Lipinski definition) is 1. The van der Waals surface area contributed by atoms with E-state index >= 15 is 0 Å². The number of aromatic nitrogens is 4. The molecule has 1 saturated heterocycles. The number of amides is 1. The van der Waals surface area contributed by atoms with Gasteiger partial charge in [-0.25, -0.2) is 4.68 Å². The molecule has 1 aromatic carbocycles. The van der Waals surface area contributed by atoms with Crippen LogP contribution >= 0.6 is 0 Å². The van der Waals surface area contributed by atoms with E-state index in [1.807, 2.05) is 36.5 Å². The van der Waals surface area contributed by atoms with Crippen LogP contribution in [0, 0.1) is 0 Å². The molecule has 0 aliphatic carbocycles. The van der Waals surface area contributed by atoms with E-state index in [4.69, 9.17) is 4.74 Å². The summed E-state index contributed by atoms with van der Waals surface area (Å²) in [6.45, 7) is 1.64. The summed E-state index contributed by atoms with van der Waals surface area (Å²) in [7, 11) is 0. The lowest BCUT2D eigenvalue weighted by molar-refractivity contribution is -0.125. The van der Waals surface area contributed by atoms with Gasteiger partial charge >= 0.3 is 0 Å². The topological polar surface area (TPSA) is 91.0 Å². The number of hydrogen-bond acceptors (Lipinski definition) is 5. The van der Waals surface area contributed by atoms with E-state index in [0.717, 1.165) is 11.3 Å². The molecule has 0 spiro atoms. The Morgan fingerprint density at radius 3 is 2.79 bits per heavy atom. The third-order valence-corrected chi connectivity index (χ3v) is 4.55. The van der Waals surface area contributed by atoms with Crippen molar-refractivity contribution in [1.82, 2.24) is 24.9 Å². The Hall–Kier alpha value is -3.26. The van der Waals surface area contributed by atoms with Gasteiger partial charge in [-0.1, -0.05) is 30.3 Å². The van der Waals surface area contributed by atoms with Crippen LogP contribution in [0.25, 0.3) is 5.69 Å². The molecule has 4 rings (SSSR count). The molecule has 28 heavy (non-hydrogen) atoms. The normalized spacial score (nSPS) is 13.9. The number of aryl methyl sites for hydroxylation is 1. The van der Waals surface area contributed by atoms with Gasteiger partial charge < -0.3 is 10.1 Å². The van der Waals surface area contributed by atoms with Gasteiger partial charge in [0, 0.05) is 31.6 Å². The fraction of sp³-hybridized carbons (Fsp3) is 0.300. The fourth-order valence-electron chi connectivity index (χ4n) is 2.93. The summed E-state index contributed by atoms with van der Waals surface area (Å²) in [6.07, 6.45) is 5.92. The number of nitrogens with zero attached hydrogens (tertiary/aromatic N) is 4. The second-order valence-electron chi connectivity index (χ2n) is 6.75. The molecular weight excluding hydrogens is 358 g/mol. The Bertz CT molecular complexity index is 1010. The first kappa shape index (κ1) is 18.1. The monoisotopic (exact) mass is 379 g/mol. The van der Waals surface area contributed by atoms with Gasteiger partial charge in [0.2, 0.25) is 11.3 Å². The zero-order valence-electron chi connectivity index (χ0n) is 15.3. The fourth-order valence-corrected chi connectivity index (χ4v) is 2.93. The molecule has 8 heteroatoms. The first-order chi connectivity index (χ1) is 13.7. The summed E-state index contributed by atoms with van der Waals surface area (Å²) in [5.74, 6) is -0.0167. The van der Waals surface area contributed by atoms with Gasteiger partial charge in [-0.2, -0.15) is 10.2 Å². The number of ether oxygens (including phenoxy) is 1. The first-order valence-electron chi connectivity index (χ1n) is 9.20. The van der Waals surface area contributed by atoms with Gasteiger partial charge in [-0.3, -0.25) is 14.3 Å². The molecule has 1 amide bonds. The molecule has 8 nitrogen and oxygen atoms in total. The highest BCUT2D eigenvalue weighted by Crippen LogP contribution is 2.08. The highest BCUT2D eigenvalue weighted by atomic mass is 16.5. The van der Waals surface area contributed by atoms with Crippen LogP contribution in [-0.2, 0) is 22.5 Å². The second kappa shape index (κ2) is 8.18. The van der Waals surface area contributed by atoms with Gasteiger partial charge in [0.25, 0.3) is 0 Å². The maximum Gasteiger partial charge on any atom is 0.222 e. The van der Waals surface area contributed by atoms with Crippen molar-refractivity contribution in [1.29, 1.82) is 0 Å². The minimum atomic E-state index is -0.0934. The van der Waals surface area contributed by atoms with Gasteiger partial charge in [-0.15, -0.1) is 0 Å². The molecule has 1 aliphatic rings. The van der Waals surface area contributed by atoms with Crippen LogP contribution in [0.1, 0.15) is 17.7 Å². The molecule has 144 valence electrons. The second-order valence-corrected chi connectivity index (χ2v) is 6.75. The lowest BCUT2D eigenvalue weighted by Gasteiger charge is -2.26. The average Bonchev–Trinajstić information content (AvgIpc) is 3.15. The van der Waals surface area contributed by atoms with E-state index in [2.05, 4.69) is 15.5 Å². The van der Waals surface area contributed by atoms with E-state index in [-0.39, 0.29) is 17.4 Å². The van der Waals surface area contributed by atoms with Crippen LogP contribution in [0.2, 0.25) is 0 Å². The van der Waals surface area contributed by atoms with Crippen LogP contribution in [0.3, 0.4) is 0 Å². The Kier molecular flexibility index (Phi) is 5.29. The summed E-state index contributed by atoms with van der Waals surface area (Å²) >= 11 is 0. The molecule has 0 atom stereocenters. The lowest BCUT2D eigenvalue weighted by atomic mass is 10.1. The predicted molar refractivity (Wildman–Crippen MR) is 102 cm³/mol. The summed E-state index contributed by atoms with van der Waals surface area (Å²) in [5.41, 5.74) is 2.15. The SMILES string of the molecule is O=C(CCn1cc(-n2ccc(=O)c(Cc3ccccc3)n2)cn1)NC1COC1. The predicted octanol–water partition coefficient (Wildman–Crippen LogP) is 0.925. The van der Waals surface area contributed by atoms with Gasteiger partial charge in [0.1, 0.15) is 11.4 Å². The minimum Gasteiger partial charge on any atom is -0.377 e. The van der Waals surface area contributed by atoms with E-state index in [9.17, 15) is 9.59 Å². The van der Waals surface area contributed by atoms with Crippen LogP contribution < -0.4 is 10.7 Å². The van der Waals surface area contributed by atoms with Gasteiger partial charge in [0.05, 0.1) is 31.6 Å². The maximum absolute atomic E-state index is 12.2. The standard InChI is InChI=1S/C20H21N5O3/c26-19-6-9-25(23-18(19)10-15-4-2-1-3-5-15)17-11-21-24(12-17)8-7-20(27)22-16-13-28-14-16/h1-6,9,11-12,16H,7-8,10,13-14H2,(H,22,27). The molecule has 3 heterocycles. The zero-order valence-corrected chi connectivity index (χ0v) is 15.3. The van der Waals surface area contributed by atoms with Crippen molar-refractivity contribution in [2.75, 3.05) is 13.2 Å². The third-order valence-electron chi connectivity index (χ3n) is 4.55. The van der Waals surface area contributed by atoms with Crippen molar-refractivity contribution in [3.63, 3.8) is 0 Å². The number of carbonyl (C=O) groups is 1. The first-order valence-corrected chi connectivity index (χ1v) is 9.20. The summed E-state index contributed by atoms with van der Waals surface area (Å²) in [4.78, 5) is 24.0. The van der Waals surface area contributed by atoms with E-state index in [1.54, 1.807) is 21.8 Å². The van der Waals surface area contributed by atoms with Crippen LogP contribution in [-0.4, -0.2) is 44.7 Å². The number of benzene rings is 1.